The van der Waals surface area contributed by atoms with Gasteiger partial charge in [0.25, 0.3) is 5.71 Å². The molecular formula is C14H10ClFN4O3. The molecule has 1 aromatic carbocycles. The van der Waals surface area contributed by atoms with Crippen molar-refractivity contribution in [1.82, 2.24) is 15.1 Å². The lowest BCUT2D eigenvalue weighted by atomic mass is 10.2. The van der Waals surface area contributed by atoms with Crippen molar-refractivity contribution in [3.63, 3.8) is 0 Å². The molecule has 3 rings (SSSR count). The van der Waals surface area contributed by atoms with Gasteiger partial charge in [0.1, 0.15) is 23.3 Å². The maximum Gasteiger partial charge on any atom is 0.361 e. The minimum atomic E-state index is -0.658. The minimum Gasteiger partial charge on any atom is -0.461 e. The largest absolute Gasteiger partial charge is 0.461 e. The summed E-state index contributed by atoms with van der Waals surface area (Å²) in [7, 11) is 0. The Bertz CT molecular complexity index is 884. The van der Waals surface area contributed by atoms with Crippen LogP contribution < -0.4 is 5.32 Å². The molecule has 9 heteroatoms. The van der Waals surface area contributed by atoms with E-state index in [1.54, 1.807) is 6.92 Å². The Morgan fingerprint density at radius 3 is 3.00 bits per heavy atom. The first-order valence-corrected chi connectivity index (χ1v) is 6.97. The highest BCUT2D eigenvalue weighted by molar-refractivity contribution is 6.33. The summed E-state index contributed by atoms with van der Waals surface area (Å²) in [6.45, 7) is 1.86. The summed E-state index contributed by atoms with van der Waals surface area (Å²) in [6, 6.07) is 3.85. The topological polar surface area (TPSA) is 90.1 Å². The van der Waals surface area contributed by atoms with Gasteiger partial charge < -0.3 is 14.6 Å². The van der Waals surface area contributed by atoms with Crippen LogP contribution >= 0.6 is 11.6 Å². The molecule has 3 aromatic rings. The van der Waals surface area contributed by atoms with E-state index in [-0.39, 0.29) is 34.2 Å². The van der Waals surface area contributed by atoms with Gasteiger partial charge >= 0.3 is 5.97 Å². The quantitative estimate of drug-likeness (QED) is 0.731. The highest BCUT2D eigenvalue weighted by atomic mass is 35.5. The predicted molar refractivity (Wildman–Crippen MR) is 80.2 cm³/mol. The summed E-state index contributed by atoms with van der Waals surface area (Å²) in [5.41, 5.74) is 0.469. The van der Waals surface area contributed by atoms with E-state index in [2.05, 4.69) is 20.4 Å². The molecule has 0 saturated carbocycles. The molecular weight excluding hydrogens is 327 g/mol. The zero-order valence-electron chi connectivity index (χ0n) is 11.8. The molecule has 1 N–H and O–H groups in total. The zero-order valence-corrected chi connectivity index (χ0v) is 12.6. The van der Waals surface area contributed by atoms with E-state index in [0.29, 0.717) is 5.69 Å². The lowest BCUT2D eigenvalue weighted by Crippen LogP contribution is -2.06. The first-order valence-electron chi connectivity index (χ1n) is 6.59. The van der Waals surface area contributed by atoms with E-state index < -0.39 is 11.8 Å². The molecule has 0 aliphatic heterocycles. The third kappa shape index (κ3) is 2.93. The second-order valence-corrected chi connectivity index (χ2v) is 4.81. The Labute approximate surface area is 134 Å². The molecule has 0 bridgehead atoms. The SMILES string of the molecule is CCOC(=O)c1noc2ncnc(Nc3ccc(F)cc3Cl)c12. The van der Waals surface area contributed by atoms with Crippen LogP contribution in [0.1, 0.15) is 17.4 Å². The Morgan fingerprint density at radius 1 is 1.43 bits per heavy atom. The predicted octanol–water partition coefficient (Wildman–Crippen LogP) is 3.33. The number of nitrogens with zero attached hydrogens (tertiary/aromatic N) is 3. The van der Waals surface area contributed by atoms with Gasteiger partial charge in [-0.3, -0.25) is 0 Å². The second-order valence-electron chi connectivity index (χ2n) is 4.40. The number of hydrogen-bond donors (Lipinski definition) is 1. The van der Waals surface area contributed by atoms with E-state index in [0.717, 1.165) is 6.07 Å². The summed E-state index contributed by atoms with van der Waals surface area (Å²) in [5, 5.41) is 6.99. The molecule has 7 nitrogen and oxygen atoms in total. The number of benzene rings is 1. The van der Waals surface area contributed by atoms with Gasteiger partial charge in [-0.2, -0.15) is 4.98 Å². The van der Waals surface area contributed by atoms with Crippen molar-refractivity contribution in [3.8, 4) is 0 Å². The number of esters is 1. The number of fused-ring (bicyclic) bond motifs is 1. The molecule has 0 aliphatic rings. The summed E-state index contributed by atoms with van der Waals surface area (Å²) < 4.78 is 23.0. The van der Waals surface area contributed by atoms with Crippen LogP contribution in [0.15, 0.2) is 29.0 Å². The Morgan fingerprint density at radius 2 is 2.26 bits per heavy atom. The molecule has 0 fully saturated rings. The fraction of sp³-hybridized carbons (Fsp3) is 0.143. The van der Waals surface area contributed by atoms with Crippen LogP contribution in [0.4, 0.5) is 15.9 Å². The van der Waals surface area contributed by atoms with Gasteiger partial charge in [-0.05, 0) is 25.1 Å². The fourth-order valence-corrected chi connectivity index (χ4v) is 2.15. The first kappa shape index (κ1) is 15.2. The monoisotopic (exact) mass is 336 g/mol. The maximum atomic E-state index is 13.1. The van der Waals surface area contributed by atoms with Crippen molar-refractivity contribution in [2.24, 2.45) is 0 Å². The van der Waals surface area contributed by atoms with Crippen LogP contribution in [0.25, 0.3) is 11.1 Å². The van der Waals surface area contributed by atoms with Gasteiger partial charge in [-0.15, -0.1) is 0 Å². The van der Waals surface area contributed by atoms with Crippen LogP contribution in [-0.2, 0) is 4.74 Å². The second kappa shape index (κ2) is 6.17. The fourth-order valence-electron chi connectivity index (χ4n) is 1.94. The number of halogens is 2. The van der Waals surface area contributed by atoms with Crippen molar-refractivity contribution >= 4 is 40.2 Å². The minimum absolute atomic E-state index is 0.0526. The number of anilines is 2. The van der Waals surface area contributed by atoms with Gasteiger partial charge in [0, 0.05) is 0 Å². The molecule has 0 radical (unpaired) electrons. The van der Waals surface area contributed by atoms with Gasteiger partial charge in [-0.1, -0.05) is 16.8 Å². The van der Waals surface area contributed by atoms with E-state index in [9.17, 15) is 9.18 Å². The van der Waals surface area contributed by atoms with Gasteiger partial charge in [-0.25, -0.2) is 14.2 Å². The summed E-state index contributed by atoms with van der Waals surface area (Å²) in [4.78, 5) is 19.9. The molecule has 2 heterocycles. The third-order valence-electron chi connectivity index (χ3n) is 2.93. The summed E-state index contributed by atoms with van der Waals surface area (Å²) in [6.07, 6.45) is 1.24. The number of carbonyl (C=O) groups excluding carboxylic acids is 1. The average molecular weight is 337 g/mol. The highest BCUT2D eigenvalue weighted by Crippen LogP contribution is 2.30. The number of rotatable bonds is 4. The van der Waals surface area contributed by atoms with E-state index in [4.69, 9.17) is 20.9 Å². The molecule has 2 aromatic heterocycles. The average Bonchev–Trinajstić information content (AvgIpc) is 2.95. The first-order chi connectivity index (χ1) is 11.1. The number of nitrogens with one attached hydrogen (secondary N) is 1. The molecule has 0 saturated heterocycles. The number of ether oxygens (including phenoxy) is 1. The van der Waals surface area contributed by atoms with Gasteiger partial charge in [0.15, 0.2) is 0 Å². The van der Waals surface area contributed by atoms with E-state index in [1.165, 1.54) is 18.5 Å². The van der Waals surface area contributed by atoms with Crippen LogP contribution in [0.3, 0.4) is 0 Å². The molecule has 0 spiro atoms. The van der Waals surface area contributed by atoms with Crippen molar-refractivity contribution < 1.29 is 18.4 Å². The zero-order chi connectivity index (χ0) is 16.4. The highest BCUT2D eigenvalue weighted by Gasteiger charge is 2.22. The van der Waals surface area contributed by atoms with Crippen molar-refractivity contribution in [3.05, 3.63) is 41.1 Å². The normalized spacial score (nSPS) is 10.7. The molecule has 23 heavy (non-hydrogen) atoms. The van der Waals surface area contributed by atoms with Crippen molar-refractivity contribution in [1.29, 1.82) is 0 Å². The van der Waals surface area contributed by atoms with Crippen LogP contribution in [-0.4, -0.2) is 27.7 Å². The molecule has 0 amide bonds. The van der Waals surface area contributed by atoms with Crippen molar-refractivity contribution in [2.75, 3.05) is 11.9 Å². The number of aromatic nitrogens is 3. The van der Waals surface area contributed by atoms with E-state index in [1.807, 2.05) is 0 Å². The summed E-state index contributed by atoms with van der Waals surface area (Å²) in [5.74, 6) is -0.882. The number of hydrogen-bond acceptors (Lipinski definition) is 7. The Hall–Kier alpha value is -2.74. The maximum absolute atomic E-state index is 13.1. The smallest absolute Gasteiger partial charge is 0.361 e. The lowest BCUT2D eigenvalue weighted by Gasteiger charge is -2.08. The van der Waals surface area contributed by atoms with Crippen LogP contribution in [0.5, 0.6) is 0 Å². The van der Waals surface area contributed by atoms with Crippen LogP contribution in [0.2, 0.25) is 5.02 Å². The van der Waals surface area contributed by atoms with Crippen molar-refractivity contribution in [2.45, 2.75) is 6.92 Å². The molecule has 0 atom stereocenters. The standard InChI is InChI=1S/C14H10ClFN4O3/c1-2-22-14(21)11-10-12(17-6-18-13(10)23-20-11)19-9-4-3-7(16)5-8(9)15/h3-6H,2H2,1H3,(H,17,18,19). The lowest BCUT2D eigenvalue weighted by molar-refractivity contribution is 0.0517. The Kier molecular flexibility index (Phi) is 4.07. The third-order valence-corrected chi connectivity index (χ3v) is 3.24. The molecule has 0 aliphatic carbocycles. The number of carbonyl (C=O) groups is 1. The Balaban J connectivity index is 2.06. The molecule has 0 unspecified atom stereocenters. The van der Waals surface area contributed by atoms with Crippen LogP contribution in [0, 0.1) is 5.82 Å². The van der Waals surface area contributed by atoms with Gasteiger partial charge in [0.05, 0.1) is 17.3 Å². The summed E-state index contributed by atoms with van der Waals surface area (Å²) >= 11 is 5.98. The molecule has 118 valence electrons. The van der Waals surface area contributed by atoms with E-state index >= 15 is 0 Å². The van der Waals surface area contributed by atoms with Gasteiger partial charge in [0.2, 0.25) is 5.69 Å².